The van der Waals surface area contributed by atoms with Crippen LogP contribution in [-0.4, -0.2) is 58.2 Å². The zero-order valence-corrected chi connectivity index (χ0v) is 23.5. The molecule has 3 N–H and O–H groups in total. The van der Waals surface area contributed by atoms with Crippen LogP contribution in [0.25, 0.3) is 11.3 Å². The first-order valence-electron chi connectivity index (χ1n) is 13.0. The molecule has 2 amide bonds. The molecule has 0 aliphatic carbocycles. The minimum Gasteiger partial charge on any atom is -0.457 e. The number of carbonyl (C=O) groups excluding carboxylic acids is 2. The van der Waals surface area contributed by atoms with Gasteiger partial charge in [0.15, 0.2) is 5.17 Å². The van der Waals surface area contributed by atoms with E-state index in [2.05, 4.69) is 4.99 Å². The minimum absolute atomic E-state index is 0. The summed E-state index contributed by atoms with van der Waals surface area (Å²) in [6, 6.07) is 16.9. The van der Waals surface area contributed by atoms with Gasteiger partial charge in [-0.25, -0.2) is 0 Å². The number of nitrogens with zero attached hydrogens (tertiary/aromatic N) is 3. The van der Waals surface area contributed by atoms with Crippen LogP contribution in [0, 0.1) is 10.8 Å². The average molecular weight is 560 g/mol. The van der Waals surface area contributed by atoms with E-state index in [-0.39, 0.29) is 17.5 Å². The minimum atomic E-state index is -0.986. The number of nitrogens with one attached hydrogen (secondary N) is 1. The molecule has 1 fully saturated rings. The van der Waals surface area contributed by atoms with Gasteiger partial charge in [0, 0.05) is 55.0 Å². The van der Waals surface area contributed by atoms with Crippen molar-refractivity contribution in [2.75, 3.05) is 26.3 Å². The highest BCUT2D eigenvalue weighted by molar-refractivity contribution is 8.26. The molecule has 1 atom stereocenters. The largest absolute Gasteiger partial charge is 0.457 e. The van der Waals surface area contributed by atoms with Crippen molar-refractivity contribution in [1.29, 1.82) is 5.41 Å². The number of morpholine rings is 1. The number of pyridine rings is 1. The molecule has 0 bridgehead atoms. The molecule has 2 aromatic carbocycles. The lowest BCUT2D eigenvalue weighted by molar-refractivity contribution is -0.126. The van der Waals surface area contributed by atoms with Gasteiger partial charge in [0.2, 0.25) is 0 Å². The number of hydrogen-bond donors (Lipinski definition) is 2. The number of amides is 2. The Labute approximate surface area is 238 Å². The van der Waals surface area contributed by atoms with Crippen LogP contribution in [0.15, 0.2) is 65.8 Å². The van der Waals surface area contributed by atoms with E-state index in [1.807, 2.05) is 68.4 Å². The number of benzene rings is 2. The molecule has 2 aliphatic heterocycles. The number of fused-ring (bicyclic) bond motifs is 2. The van der Waals surface area contributed by atoms with Crippen molar-refractivity contribution in [2.24, 2.45) is 16.1 Å². The Bertz CT molecular complexity index is 1500. The first-order valence-corrected chi connectivity index (χ1v) is 13.8. The zero-order valence-electron chi connectivity index (χ0n) is 22.6. The Balaban J connectivity index is 0.00000387. The van der Waals surface area contributed by atoms with Crippen LogP contribution < -0.4 is 10.5 Å². The second-order valence-corrected chi connectivity index (χ2v) is 11.5. The van der Waals surface area contributed by atoms with Crippen molar-refractivity contribution in [1.82, 2.24) is 9.88 Å². The molecule has 1 unspecified atom stereocenters. The number of aromatic nitrogens is 1. The van der Waals surface area contributed by atoms with E-state index < -0.39 is 17.2 Å². The molecule has 3 aromatic rings. The number of ether oxygens (including phenoxy) is 2. The van der Waals surface area contributed by atoms with Crippen molar-refractivity contribution in [2.45, 2.75) is 26.7 Å². The van der Waals surface area contributed by atoms with E-state index in [9.17, 15) is 9.59 Å². The Morgan fingerprint density at radius 3 is 2.50 bits per heavy atom. The molecule has 2 aliphatic rings. The van der Waals surface area contributed by atoms with E-state index in [0.29, 0.717) is 49.1 Å². The van der Waals surface area contributed by atoms with Gasteiger partial charge in [-0.1, -0.05) is 44.2 Å². The fraction of sp³-hybridized carbons (Fsp3) is 0.300. The molecule has 0 radical (unpaired) electrons. The molecule has 40 heavy (non-hydrogen) atoms. The third-order valence-corrected chi connectivity index (χ3v) is 7.73. The van der Waals surface area contributed by atoms with Gasteiger partial charge < -0.3 is 20.1 Å². The zero-order chi connectivity index (χ0) is 28.4. The van der Waals surface area contributed by atoms with Gasteiger partial charge in [-0.2, -0.15) is 4.99 Å². The smallest absolute Gasteiger partial charge is 0.254 e. The molecule has 0 spiro atoms. The summed E-state index contributed by atoms with van der Waals surface area (Å²) in [7, 11) is 0. The fourth-order valence-electron chi connectivity index (χ4n) is 5.07. The Kier molecular flexibility index (Phi) is 7.73. The number of para-hydroxylation sites is 1. The van der Waals surface area contributed by atoms with E-state index in [4.69, 9.17) is 25.6 Å². The fourth-order valence-corrected chi connectivity index (χ4v) is 5.51. The Morgan fingerprint density at radius 1 is 1.10 bits per heavy atom. The van der Waals surface area contributed by atoms with E-state index >= 15 is 0 Å². The number of aliphatic imine (C=N–C) groups is 1. The van der Waals surface area contributed by atoms with Crippen LogP contribution in [0.2, 0.25) is 0 Å². The second kappa shape index (κ2) is 11.2. The van der Waals surface area contributed by atoms with Crippen LogP contribution in [0.5, 0.6) is 11.5 Å². The number of hydrogen-bond acceptors (Lipinski definition) is 7. The molecular weight excluding hydrogens is 526 g/mol. The second-order valence-electron chi connectivity index (χ2n) is 10.3. The van der Waals surface area contributed by atoms with E-state index in [0.717, 1.165) is 28.5 Å². The van der Waals surface area contributed by atoms with Gasteiger partial charge in [0.1, 0.15) is 11.5 Å². The van der Waals surface area contributed by atoms with Crippen LogP contribution in [0.3, 0.4) is 0 Å². The van der Waals surface area contributed by atoms with Gasteiger partial charge in [-0.3, -0.25) is 20.0 Å². The third kappa shape index (κ3) is 5.50. The summed E-state index contributed by atoms with van der Waals surface area (Å²) >= 11 is 0.951. The molecule has 1 saturated heterocycles. The number of carbonyl (C=O) groups is 2. The maximum Gasteiger partial charge on any atom is 0.254 e. The number of nitrogens with two attached hydrogens (primary N) is 1. The highest BCUT2D eigenvalue weighted by Crippen LogP contribution is 2.52. The van der Waals surface area contributed by atoms with E-state index in [1.165, 1.54) is 0 Å². The summed E-state index contributed by atoms with van der Waals surface area (Å²) < 4.78 is 11.7. The van der Waals surface area contributed by atoms with Crippen molar-refractivity contribution in [3.63, 3.8) is 0 Å². The normalized spacial score (nSPS) is 16.9. The van der Waals surface area contributed by atoms with Crippen molar-refractivity contribution >= 4 is 33.8 Å². The molecule has 5 rings (SSSR count). The van der Waals surface area contributed by atoms with Crippen LogP contribution >= 0.6 is 11.8 Å². The Morgan fingerprint density at radius 2 is 1.80 bits per heavy atom. The van der Waals surface area contributed by atoms with Crippen LogP contribution in [0.1, 0.15) is 49.6 Å². The van der Waals surface area contributed by atoms with Crippen molar-refractivity contribution in [3.05, 3.63) is 77.5 Å². The summed E-state index contributed by atoms with van der Waals surface area (Å²) in [5.74, 6) is 0.463. The lowest BCUT2D eigenvalue weighted by Gasteiger charge is -2.37. The van der Waals surface area contributed by atoms with Crippen molar-refractivity contribution < 1.29 is 20.5 Å². The number of rotatable bonds is 4. The SMILES string of the molecule is CC(=N)SC(N)=NC(=O)C(C)(C)C1c2ccccc2Oc2cc(-c3ccc(C(=O)N4CCOCC4)cc3)ncc21.[HH]. The van der Waals surface area contributed by atoms with Gasteiger partial charge in [0.05, 0.1) is 29.4 Å². The summed E-state index contributed by atoms with van der Waals surface area (Å²) in [5, 5.41) is 7.92. The van der Waals surface area contributed by atoms with Crippen LogP contribution in [0.4, 0.5) is 0 Å². The first-order chi connectivity index (χ1) is 19.1. The summed E-state index contributed by atoms with van der Waals surface area (Å²) in [6.45, 7) is 7.54. The summed E-state index contributed by atoms with van der Waals surface area (Å²) in [6.07, 6.45) is 1.75. The van der Waals surface area contributed by atoms with Gasteiger partial charge in [-0.15, -0.1) is 0 Å². The number of thioether (sulfide) groups is 1. The summed E-state index contributed by atoms with van der Waals surface area (Å²) in [4.78, 5) is 36.9. The highest BCUT2D eigenvalue weighted by atomic mass is 32.2. The molecule has 9 nitrogen and oxygen atoms in total. The maximum absolute atomic E-state index is 13.4. The third-order valence-electron chi connectivity index (χ3n) is 7.12. The highest BCUT2D eigenvalue weighted by Gasteiger charge is 2.44. The molecule has 0 saturated carbocycles. The number of amidine groups is 1. The molecule has 208 valence electrons. The Hall–Kier alpha value is -4.02. The van der Waals surface area contributed by atoms with Gasteiger partial charge in [0.25, 0.3) is 11.8 Å². The van der Waals surface area contributed by atoms with Gasteiger partial charge >= 0.3 is 0 Å². The molecule has 3 heterocycles. The predicted octanol–water partition coefficient (Wildman–Crippen LogP) is 5.30. The first kappa shape index (κ1) is 27.5. The molecule has 1 aromatic heterocycles. The van der Waals surface area contributed by atoms with Gasteiger partial charge in [-0.05, 0) is 36.9 Å². The maximum atomic E-state index is 13.4. The monoisotopic (exact) mass is 559 g/mol. The standard InChI is InChI=1S/C30H31N5O4S.H2/c1-18(31)40-29(32)34-28(37)30(2,3)26-21-6-4-5-7-24(21)39-25-16-23(33-17-22(25)26)19-8-10-20(11-9-19)27(36)35-12-14-38-15-13-35;/h4-11,16-17,26,31H,12-15H2,1-3H3,(H2,32,34,37);1H. The summed E-state index contributed by atoms with van der Waals surface area (Å²) in [5.41, 5.74) is 8.72. The van der Waals surface area contributed by atoms with Crippen molar-refractivity contribution in [3.8, 4) is 22.8 Å². The van der Waals surface area contributed by atoms with E-state index in [1.54, 1.807) is 18.0 Å². The molecular formula is C30H33N5O4S. The average Bonchev–Trinajstić information content (AvgIpc) is 2.95. The lowest BCUT2D eigenvalue weighted by Crippen LogP contribution is -2.40. The van der Waals surface area contributed by atoms with Crippen LogP contribution in [-0.2, 0) is 9.53 Å². The lowest BCUT2D eigenvalue weighted by atomic mass is 9.69. The topological polar surface area (TPSA) is 131 Å². The quantitative estimate of drug-likeness (QED) is 0.327. The predicted molar refractivity (Wildman–Crippen MR) is 158 cm³/mol. The molecule has 10 heteroatoms.